The molecule has 2 saturated heterocycles. The summed E-state index contributed by atoms with van der Waals surface area (Å²) in [4.78, 5) is 29.6. The van der Waals surface area contributed by atoms with Crippen LogP contribution in [-0.2, 0) is 14.4 Å². The zero-order valence-corrected chi connectivity index (χ0v) is 20.9. The largest absolute Gasteiger partial charge is 0.391 e. The van der Waals surface area contributed by atoms with Crippen LogP contribution in [0.3, 0.4) is 0 Å². The smallest absolute Gasteiger partial charge is 0.355 e. The molecule has 4 rings (SSSR count). The molecule has 6 N–H and O–H groups in total. The fraction of sp³-hybridized carbons (Fsp3) is 0.913. The molecular weight excluding hydrogens is 522 g/mol. The molecular formula is C23H36F6N6O3. The lowest BCUT2D eigenvalue weighted by Gasteiger charge is -2.41. The van der Waals surface area contributed by atoms with Crippen LogP contribution in [0.15, 0.2) is 0 Å². The van der Waals surface area contributed by atoms with Crippen molar-refractivity contribution in [2.24, 2.45) is 29.6 Å². The summed E-state index contributed by atoms with van der Waals surface area (Å²) in [5, 5.41) is 8.99. The minimum absolute atomic E-state index is 0.0132. The van der Waals surface area contributed by atoms with E-state index in [9.17, 15) is 35.9 Å². The third kappa shape index (κ3) is 7.49. The Bertz CT molecular complexity index is 808. The molecule has 218 valence electrons. The number of hydrogen-bond donors (Lipinski definition) is 6. The highest BCUT2D eigenvalue weighted by molar-refractivity contribution is 5.79. The molecule has 0 radical (unpaired) electrons. The Balaban J connectivity index is 1.15. The Kier molecular flexibility index (Phi) is 9.43. The van der Waals surface area contributed by atoms with Crippen molar-refractivity contribution in [1.29, 1.82) is 0 Å². The number of fused-ring (bicyclic) bond motifs is 1. The second-order valence-electron chi connectivity index (χ2n) is 10.8. The lowest BCUT2D eigenvalue weighted by Crippen LogP contribution is -2.64. The van der Waals surface area contributed by atoms with E-state index in [0.29, 0.717) is 13.1 Å². The lowest BCUT2D eigenvalue weighted by molar-refractivity contribution is -0.230. The first-order valence-corrected chi connectivity index (χ1v) is 13.3. The Morgan fingerprint density at radius 2 is 1.66 bits per heavy atom. The summed E-state index contributed by atoms with van der Waals surface area (Å²) in [6, 6.07) is 0. The van der Waals surface area contributed by atoms with Crippen LogP contribution < -0.4 is 32.3 Å². The summed E-state index contributed by atoms with van der Waals surface area (Å²) in [6.45, 7) is 0.828. The molecule has 7 unspecified atom stereocenters. The number of nitrogens with one attached hydrogen (secondary N) is 6. The Labute approximate surface area is 216 Å². The van der Waals surface area contributed by atoms with Crippen molar-refractivity contribution in [2.45, 2.75) is 88.7 Å². The standard InChI is InChI=1S/C23H36F6N6O3/c24-22(25,26)13-9-12(10-14(11-13)23(27,28)29)19-32-18(38-35-19)6-5-17(36)30-7-8-31-20-15-3-1-2-4-16(15)21(37)34-33-20/h12-16,18-20,31-33,35H,1-11H2,(H,30,36)(H,34,37). The Morgan fingerprint density at radius 1 is 0.974 bits per heavy atom. The van der Waals surface area contributed by atoms with E-state index in [4.69, 9.17) is 4.84 Å². The molecule has 4 aliphatic rings. The SMILES string of the molecule is O=C(CCC1NC(C2CC(C(F)(F)F)CC(C(F)(F)F)C2)NO1)NCCNC1NNC(=O)C2CCCCC12. The van der Waals surface area contributed by atoms with Gasteiger partial charge in [0.15, 0.2) is 0 Å². The topological polar surface area (TPSA) is 116 Å². The highest BCUT2D eigenvalue weighted by Crippen LogP contribution is 2.48. The van der Waals surface area contributed by atoms with Gasteiger partial charge in [-0.1, -0.05) is 12.8 Å². The lowest BCUT2D eigenvalue weighted by atomic mass is 9.73. The van der Waals surface area contributed by atoms with Gasteiger partial charge in [0, 0.05) is 31.3 Å². The molecule has 0 aromatic heterocycles. The van der Waals surface area contributed by atoms with Crippen LogP contribution in [-0.4, -0.2) is 55.8 Å². The van der Waals surface area contributed by atoms with Crippen LogP contribution in [0.4, 0.5) is 26.3 Å². The number of carbonyl (C=O) groups excluding carboxylic acids is 2. The van der Waals surface area contributed by atoms with E-state index in [-0.39, 0.29) is 42.7 Å². The second kappa shape index (κ2) is 12.2. The fourth-order valence-corrected chi connectivity index (χ4v) is 6.18. The molecule has 4 fully saturated rings. The molecule has 2 heterocycles. The van der Waals surface area contributed by atoms with Crippen LogP contribution in [0, 0.1) is 29.6 Å². The van der Waals surface area contributed by atoms with Gasteiger partial charge in [0.1, 0.15) is 6.23 Å². The van der Waals surface area contributed by atoms with Gasteiger partial charge in [0.2, 0.25) is 11.8 Å². The predicted octanol–water partition coefficient (Wildman–Crippen LogP) is 2.17. The summed E-state index contributed by atoms with van der Waals surface area (Å²) >= 11 is 0. The number of hydrazine groups is 1. The normalized spacial score (nSPS) is 36.4. The van der Waals surface area contributed by atoms with Gasteiger partial charge in [0.05, 0.1) is 24.2 Å². The minimum atomic E-state index is -4.70. The Morgan fingerprint density at radius 3 is 2.34 bits per heavy atom. The number of alkyl halides is 6. The molecule has 9 nitrogen and oxygen atoms in total. The highest BCUT2D eigenvalue weighted by Gasteiger charge is 2.53. The first-order chi connectivity index (χ1) is 17.9. The zero-order chi connectivity index (χ0) is 27.5. The molecule has 2 aliphatic carbocycles. The predicted molar refractivity (Wildman–Crippen MR) is 122 cm³/mol. The first kappa shape index (κ1) is 29.3. The van der Waals surface area contributed by atoms with Gasteiger partial charge < -0.3 is 5.32 Å². The zero-order valence-electron chi connectivity index (χ0n) is 20.9. The summed E-state index contributed by atoms with van der Waals surface area (Å²) in [5.74, 6) is -5.04. The quantitative estimate of drug-likeness (QED) is 0.200. The van der Waals surface area contributed by atoms with Crippen molar-refractivity contribution in [3.63, 3.8) is 0 Å². The van der Waals surface area contributed by atoms with Crippen molar-refractivity contribution in [2.75, 3.05) is 13.1 Å². The summed E-state index contributed by atoms with van der Waals surface area (Å²) < 4.78 is 79.6. The van der Waals surface area contributed by atoms with Gasteiger partial charge in [-0.25, -0.2) is 5.43 Å². The van der Waals surface area contributed by atoms with Crippen molar-refractivity contribution in [1.82, 2.24) is 32.3 Å². The third-order valence-electron chi connectivity index (χ3n) is 8.22. The van der Waals surface area contributed by atoms with Gasteiger partial charge in [-0.05, 0) is 44.4 Å². The molecule has 38 heavy (non-hydrogen) atoms. The van der Waals surface area contributed by atoms with Gasteiger partial charge in [-0.15, -0.1) is 0 Å². The number of carbonyl (C=O) groups is 2. The summed E-state index contributed by atoms with van der Waals surface area (Å²) in [6.07, 6.45) is -8.68. The summed E-state index contributed by atoms with van der Waals surface area (Å²) in [5.41, 5.74) is 8.23. The molecule has 2 saturated carbocycles. The van der Waals surface area contributed by atoms with Crippen LogP contribution in [0.25, 0.3) is 0 Å². The van der Waals surface area contributed by atoms with E-state index in [0.717, 1.165) is 25.7 Å². The molecule has 2 aliphatic heterocycles. The maximum Gasteiger partial charge on any atom is 0.391 e. The van der Waals surface area contributed by atoms with Crippen molar-refractivity contribution in [3.05, 3.63) is 0 Å². The average Bonchev–Trinajstić information content (AvgIpc) is 3.35. The van der Waals surface area contributed by atoms with E-state index in [1.165, 1.54) is 0 Å². The van der Waals surface area contributed by atoms with E-state index in [1.807, 2.05) is 0 Å². The molecule has 2 amide bonds. The molecule has 0 aromatic carbocycles. The number of rotatable bonds is 8. The van der Waals surface area contributed by atoms with Gasteiger partial charge >= 0.3 is 12.4 Å². The monoisotopic (exact) mass is 558 g/mol. The molecule has 0 aromatic rings. The van der Waals surface area contributed by atoms with Gasteiger partial charge in [0.25, 0.3) is 0 Å². The minimum Gasteiger partial charge on any atom is -0.355 e. The van der Waals surface area contributed by atoms with Crippen LogP contribution in [0.5, 0.6) is 0 Å². The van der Waals surface area contributed by atoms with E-state index in [2.05, 4.69) is 32.3 Å². The van der Waals surface area contributed by atoms with E-state index >= 15 is 0 Å². The average molecular weight is 559 g/mol. The molecule has 0 spiro atoms. The Hall–Kier alpha value is -1.68. The number of hydrogen-bond acceptors (Lipinski definition) is 7. The van der Waals surface area contributed by atoms with Crippen LogP contribution >= 0.6 is 0 Å². The van der Waals surface area contributed by atoms with Crippen molar-refractivity contribution in [3.8, 4) is 0 Å². The van der Waals surface area contributed by atoms with Crippen LogP contribution in [0.1, 0.15) is 57.8 Å². The van der Waals surface area contributed by atoms with Crippen LogP contribution in [0.2, 0.25) is 0 Å². The second-order valence-corrected chi connectivity index (χ2v) is 10.8. The third-order valence-corrected chi connectivity index (χ3v) is 8.22. The highest BCUT2D eigenvalue weighted by atomic mass is 19.4. The first-order valence-electron chi connectivity index (χ1n) is 13.3. The van der Waals surface area contributed by atoms with E-state index < -0.39 is 61.8 Å². The number of amides is 2. The molecule has 0 bridgehead atoms. The number of hydroxylamine groups is 1. The van der Waals surface area contributed by atoms with Gasteiger partial charge in [-0.3, -0.25) is 30.5 Å². The molecule has 15 heteroatoms. The fourth-order valence-electron chi connectivity index (χ4n) is 6.18. The maximum atomic E-state index is 13.3. The van der Waals surface area contributed by atoms with Gasteiger partial charge in [-0.2, -0.15) is 31.8 Å². The summed E-state index contributed by atoms with van der Waals surface area (Å²) in [7, 11) is 0. The number of halogens is 6. The maximum absolute atomic E-state index is 13.3. The van der Waals surface area contributed by atoms with Crippen molar-refractivity contribution < 1.29 is 40.8 Å². The van der Waals surface area contributed by atoms with Crippen molar-refractivity contribution >= 4 is 11.8 Å². The molecule has 7 atom stereocenters. The van der Waals surface area contributed by atoms with E-state index in [1.54, 1.807) is 0 Å².